The lowest BCUT2D eigenvalue weighted by Gasteiger charge is -2.09. The lowest BCUT2D eigenvalue weighted by Crippen LogP contribution is -2.14. The number of rotatable bonds is 3. The van der Waals surface area contributed by atoms with Crippen molar-refractivity contribution in [1.82, 2.24) is 14.4 Å². The van der Waals surface area contributed by atoms with Gasteiger partial charge in [0.05, 0.1) is 18.5 Å². The van der Waals surface area contributed by atoms with Crippen molar-refractivity contribution in [2.75, 3.05) is 12.4 Å². The third kappa shape index (κ3) is 2.95. The third-order valence-corrected chi connectivity index (χ3v) is 3.36. The van der Waals surface area contributed by atoms with Crippen molar-refractivity contribution < 1.29 is 13.9 Å². The summed E-state index contributed by atoms with van der Waals surface area (Å²) in [5, 5.41) is 2.81. The molecule has 0 aliphatic heterocycles. The molecule has 118 valence electrons. The molecule has 3 aromatic heterocycles. The van der Waals surface area contributed by atoms with E-state index in [4.69, 9.17) is 16.3 Å². The number of carbonyl (C=O) groups excluding carboxylic acids is 1. The molecule has 0 spiro atoms. The van der Waals surface area contributed by atoms with Crippen molar-refractivity contribution >= 4 is 28.8 Å². The maximum absolute atomic E-state index is 14.0. The van der Waals surface area contributed by atoms with E-state index in [1.54, 1.807) is 19.3 Å². The zero-order valence-corrected chi connectivity index (χ0v) is 13.1. The van der Waals surface area contributed by atoms with E-state index in [0.29, 0.717) is 5.69 Å². The summed E-state index contributed by atoms with van der Waals surface area (Å²) in [6.07, 6.45) is 3.24. The summed E-state index contributed by atoms with van der Waals surface area (Å²) < 4.78 is 20.6. The number of imidazole rings is 1. The third-order valence-electron chi connectivity index (χ3n) is 3.15. The van der Waals surface area contributed by atoms with E-state index in [9.17, 15) is 9.18 Å². The van der Waals surface area contributed by atoms with E-state index in [2.05, 4.69) is 15.3 Å². The molecular weight excluding hydrogens is 323 g/mol. The minimum absolute atomic E-state index is 0.0926. The van der Waals surface area contributed by atoms with E-state index in [0.717, 1.165) is 0 Å². The molecule has 0 bridgehead atoms. The van der Waals surface area contributed by atoms with E-state index >= 15 is 0 Å². The van der Waals surface area contributed by atoms with Gasteiger partial charge >= 0.3 is 0 Å². The van der Waals surface area contributed by atoms with Gasteiger partial charge in [0.2, 0.25) is 5.88 Å². The summed E-state index contributed by atoms with van der Waals surface area (Å²) in [5.41, 5.74) is 1.36. The second-order valence-electron chi connectivity index (χ2n) is 4.83. The van der Waals surface area contributed by atoms with Crippen molar-refractivity contribution in [3.8, 4) is 5.88 Å². The van der Waals surface area contributed by atoms with Gasteiger partial charge in [0.25, 0.3) is 5.91 Å². The highest BCUT2D eigenvalue weighted by atomic mass is 35.5. The van der Waals surface area contributed by atoms with Gasteiger partial charge in [-0.3, -0.25) is 4.79 Å². The topological polar surface area (TPSA) is 68.5 Å². The predicted molar refractivity (Wildman–Crippen MR) is 83.6 cm³/mol. The summed E-state index contributed by atoms with van der Waals surface area (Å²) in [6.45, 7) is 1.76. The number of nitrogens with zero attached hydrogens (tertiary/aromatic N) is 3. The largest absolute Gasteiger partial charge is 0.480 e. The number of anilines is 1. The number of hydrogen-bond donors (Lipinski definition) is 1. The minimum Gasteiger partial charge on any atom is -0.480 e. The number of ether oxygens (including phenoxy) is 1. The van der Waals surface area contributed by atoms with Gasteiger partial charge < -0.3 is 14.5 Å². The Morgan fingerprint density at radius 2 is 2.13 bits per heavy atom. The number of pyridine rings is 2. The number of nitrogens with one attached hydrogen (secondary N) is 1. The molecule has 1 amide bonds. The number of aromatic nitrogens is 3. The van der Waals surface area contributed by atoms with Crippen molar-refractivity contribution in [1.29, 1.82) is 0 Å². The number of methoxy groups -OCH3 is 1. The first-order valence-electron chi connectivity index (χ1n) is 6.64. The number of amides is 1. The summed E-state index contributed by atoms with van der Waals surface area (Å²) in [5.74, 6) is -0.922. The highest BCUT2D eigenvalue weighted by Crippen LogP contribution is 2.21. The molecule has 1 N–H and O–H groups in total. The zero-order valence-electron chi connectivity index (χ0n) is 12.3. The van der Waals surface area contributed by atoms with Crippen molar-refractivity contribution in [3.05, 3.63) is 52.8 Å². The minimum atomic E-state index is -0.530. The highest BCUT2D eigenvalue weighted by Gasteiger charge is 2.16. The molecule has 0 atom stereocenters. The van der Waals surface area contributed by atoms with E-state index in [1.807, 2.05) is 0 Å². The Bertz CT molecular complexity index is 910. The molecule has 0 aliphatic rings. The van der Waals surface area contributed by atoms with Gasteiger partial charge in [-0.1, -0.05) is 11.6 Å². The summed E-state index contributed by atoms with van der Waals surface area (Å²) in [6, 6.07) is 4.16. The maximum atomic E-state index is 14.0. The van der Waals surface area contributed by atoms with Crippen LogP contribution in [0.3, 0.4) is 0 Å². The second-order valence-corrected chi connectivity index (χ2v) is 5.22. The molecule has 0 saturated heterocycles. The molecule has 6 nitrogen and oxygen atoms in total. The SMILES string of the molecule is COc1nc(Cl)ccc1C(=O)Nc1cc(F)c2nc(C)cn2c1. The van der Waals surface area contributed by atoms with Crippen LogP contribution in [-0.2, 0) is 0 Å². The van der Waals surface area contributed by atoms with E-state index < -0.39 is 11.7 Å². The quantitative estimate of drug-likeness (QED) is 0.747. The molecule has 8 heteroatoms. The first-order chi connectivity index (χ1) is 11.0. The van der Waals surface area contributed by atoms with Crippen LogP contribution >= 0.6 is 11.6 Å². The van der Waals surface area contributed by atoms with Gasteiger partial charge in [-0.05, 0) is 19.1 Å². The summed E-state index contributed by atoms with van der Waals surface area (Å²) in [7, 11) is 1.38. The van der Waals surface area contributed by atoms with Crippen LogP contribution < -0.4 is 10.1 Å². The number of hydrogen-bond acceptors (Lipinski definition) is 4. The Morgan fingerprint density at radius 3 is 2.87 bits per heavy atom. The molecule has 23 heavy (non-hydrogen) atoms. The lowest BCUT2D eigenvalue weighted by molar-refractivity contribution is 0.102. The molecule has 0 fully saturated rings. The molecule has 3 heterocycles. The van der Waals surface area contributed by atoms with Crippen molar-refractivity contribution in [2.24, 2.45) is 0 Å². The van der Waals surface area contributed by atoms with Crippen LogP contribution in [0, 0.1) is 12.7 Å². The monoisotopic (exact) mass is 334 g/mol. The normalized spacial score (nSPS) is 10.8. The molecule has 3 aromatic rings. The van der Waals surface area contributed by atoms with Crippen molar-refractivity contribution in [3.63, 3.8) is 0 Å². The van der Waals surface area contributed by atoms with Crippen LogP contribution in [0.25, 0.3) is 5.65 Å². The molecule has 0 aliphatic carbocycles. The number of aryl methyl sites for hydroxylation is 1. The molecule has 0 unspecified atom stereocenters. The highest BCUT2D eigenvalue weighted by molar-refractivity contribution is 6.29. The molecule has 0 aromatic carbocycles. The molecular formula is C15H12ClFN4O2. The van der Waals surface area contributed by atoms with Crippen LogP contribution in [0.1, 0.15) is 16.1 Å². The van der Waals surface area contributed by atoms with Crippen LogP contribution in [0.15, 0.2) is 30.6 Å². The van der Waals surface area contributed by atoms with Gasteiger partial charge in [-0.15, -0.1) is 0 Å². The zero-order chi connectivity index (χ0) is 16.6. The average Bonchev–Trinajstić information content (AvgIpc) is 2.88. The first-order valence-corrected chi connectivity index (χ1v) is 7.02. The fraction of sp³-hybridized carbons (Fsp3) is 0.133. The van der Waals surface area contributed by atoms with Crippen LogP contribution in [0.5, 0.6) is 5.88 Å². The van der Waals surface area contributed by atoms with Crippen LogP contribution in [0.2, 0.25) is 5.15 Å². The maximum Gasteiger partial charge on any atom is 0.261 e. The summed E-state index contributed by atoms with van der Waals surface area (Å²) >= 11 is 5.77. The number of carbonyl (C=O) groups is 1. The average molecular weight is 335 g/mol. The smallest absolute Gasteiger partial charge is 0.261 e. The Labute approximate surface area is 135 Å². The predicted octanol–water partition coefficient (Wildman–Crippen LogP) is 3.09. The number of halogens is 2. The van der Waals surface area contributed by atoms with Crippen LogP contribution in [0.4, 0.5) is 10.1 Å². The summed E-state index contributed by atoms with van der Waals surface area (Å²) in [4.78, 5) is 20.3. The fourth-order valence-electron chi connectivity index (χ4n) is 2.19. The number of fused-ring (bicyclic) bond motifs is 1. The fourth-order valence-corrected chi connectivity index (χ4v) is 2.33. The van der Waals surface area contributed by atoms with Crippen molar-refractivity contribution in [2.45, 2.75) is 6.92 Å². The standard InChI is InChI=1S/C15H12ClFN4O2/c1-8-6-21-7-9(5-11(17)13(21)18-8)19-14(22)10-3-4-12(16)20-15(10)23-2/h3-7H,1-2H3,(H,19,22). The molecule has 0 saturated carbocycles. The van der Waals surface area contributed by atoms with E-state index in [-0.39, 0.29) is 27.9 Å². The lowest BCUT2D eigenvalue weighted by atomic mass is 10.2. The van der Waals surface area contributed by atoms with Gasteiger partial charge in [0.1, 0.15) is 10.7 Å². The Morgan fingerprint density at radius 1 is 1.35 bits per heavy atom. The first kappa shape index (κ1) is 15.2. The van der Waals surface area contributed by atoms with Gasteiger partial charge in [0, 0.05) is 18.5 Å². The second kappa shape index (κ2) is 5.85. The Hall–Kier alpha value is -2.67. The van der Waals surface area contributed by atoms with Gasteiger partial charge in [-0.2, -0.15) is 0 Å². The Kier molecular flexibility index (Phi) is 3.87. The Balaban J connectivity index is 1.94. The van der Waals surface area contributed by atoms with E-state index in [1.165, 1.54) is 29.7 Å². The van der Waals surface area contributed by atoms with Gasteiger partial charge in [-0.25, -0.2) is 14.4 Å². The molecule has 3 rings (SSSR count). The molecule has 0 radical (unpaired) electrons. The van der Waals surface area contributed by atoms with Gasteiger partial charge in [0.15, 0.2) is 11.5 Å². The van der Waals surface area contributed by atoms with Crippen LogP contribution in [-0.4, -0.2) is 27.4 Å².